The van der Waals surface area contributed by atoms with Crippen molar-refractivity contribution >= 4 is 11.9 Å². The first-order valence-corrected chi connectivity index (χ1v) is 5.75. The monoisotopic (exact) mass is 246 g/mol. The molecule has 1 heterocycles. The summed E-state index contributed by atoms with van der Waals surface area (Å²) in [4.78, 5) is 21.7. The summed E-state index contributed by atoms with van der Waals surface area (Å²) in [6, 6.07) is 0. The molecule has 1 fully saturated rings. The standard InChI is InChI=1S/C11H18O6/c1-2-15-11(14)8-6-16-10(17-7-8)5-3-4-9(12)13/h8,10H,2-7H2,1H3,(H,12,13). The Kier molecular flexibility index (Phi) is 5.93. The molecular weight excluding hydrogens is 228 g/mol. The zero-order valence-electron chi connectivity index (χ0n) is 9.89. The lowest BCUT2D eigenvalue weighted by molar-refractivity contribution is -0.211. The van der Waals surface area contributed by atoms with Crippen LogP contribution in [0.25, 0.3) is 0 Å². The molecule has 1 saturated heterocycles. The van der Waals surface area contributed by atoms with Crippen molar-refractivity contribution in [3.8, 4) is 0 Å². The third-order valence-corrected chi connectivity index (χ3v) is 2.42. The molecule has 0 spiro atoms. The van der Waals surface area contributed by atoms with Crippen LogP contribution in [0.2, 0.25) is 0 Å². The van der Waals surface area contributed by atoms with Gasteiger partial charge in [0.15, 0.2) is 6.29 Å². The molecule has 1 aliphatic heterocycles. The van der Waals surface area contributed by atoms with Crippen molar-refractivity contribution in [1.29, 1.82) is 0 Å². The van der Waals surface area contributed by atoms with Gasteiger partial charge in [-0.15, -0.1) is 0 Å². The van der Waals surface area contributed by atoms with Gasteiger partial charge in [0.1, 0.15) is 5.92 Å². The van der Waals surface area contributed by atoms with Crippen LogP contribution in [0.4, 0.5) is 0 Å². The maximum atomic E-state index is 11.3. The van der Waals surface area contributed by atoms with Crippen LogP contribution in [0.3, 0.4) is 0 Å². The van der Waals surface area contributed by atoms with E-state index in [1.807, 2.05) is 0 Å². The van der Waals surface area contributed by atoms with Crippen LogP contribution < -0.4 is 0 Å². The van der Waals surface area contributed by atoms with Gasteiger partial charge in [0.05, 0.1) is 19.8 Å². The summed E-state index contributed by atoms with van der Waals surface area (Å²) in [5.74, 6) is -1.51. The minimum absolute atomic E-state index is 0.102. The molecule has 0 aromatic heterocycles. The van der Waals surface area contributed by atoms with Gasteiger partial charge in [0.25, 0.3) is 0 Å². The highest BCUT2D eigenvalue weighted by atomic mass is 16.7. The number of hydrogen-bond acceptors (Lipinski definition) is 5. The van der Waals surface area contributed by atoms with Crippen LogP contribution >= 0.6 is 0 Å². The number of carbonyl (C=O) groups excluding carboxylic acids is 1. The fraction of sp³-hybridized carbons (Fsp3) is 0.818. The van der Waals surface area contributed by atoms with Gasteiger partial charge in [-0.2, -0.15) is 0 Å². The molecule has 17 heavy (non-hydrogen) atoms. The van der Waals surface area contributed by atoms with Crippen LogP contribution in [-0.2, 0) is 23.8 Å². The zero-order valence-corrected chi connectivity index (χ0v) is 9.89. The molecule has 6 nitrogen and oxygen atoms in total. The third kappa shape index (κ3) is 5.14. The van der Waals surface area contributed by atoms with Crippen molar-refractivity contribution in [1.82, 2.24) is 0 Å². The van der Waals surface area contributed by atoms with Crippen LogP contribution in [0.1, 0.15) is 26.2 Å². The lowest BCUT2D eigenvalue weighted by Gasteiger charge is -2.28. The molecule has 0 unspecified atom stereocenters. The van der Waals surface area contributed by atoms with Crippen molar-refractivity contribution < 1.29 is 28.9 Å². The number of carbonyl (C=O) groups is 2. The largest absolute Gasteiger partial charge is 0.481 e. The molecule has 0 atom stereocenters. The average Bonchev–Trinajstić information content (AvgIpc) is 2.30. The van der Waals surface area contributed by atoms with Gasteiger partial charge in [-0.25, -0.2) is 0 Å². The summed E-state index contributed by atoms with van der Waals surface area (Å²) >= 11 is 0. The Morgan fingerprint density at radius 3 is 2.53 bits per heavy atom. The van der Waals surface area contributed by atoms with E-state index in [4.69, 9.17) is 19.3 Å². The van der Waals surface area contributed by atoms with Gasteiger partial charge in [-0.3, -0.25) is 9.59 Å². The maximum absolute atomic E-state index is 11.3. The van der Waals surface area contributed by atoms with Gasteiger partial charge < -0.3 is 19.3 Å². The minimum Gasteiger partial charge on any atom is -0.481 e. The Balaban J connectivity index is 2.17. The summed E-state index contributed by atoms with van der Waals surface area (Å²) in [6.07, 6.45) is 0.733. The van der Waals surface area contributed by atoms with Gasteiger partial charge in [0, 0.05) is 6.42 Å². The SMILES string of the molecule is CCOC(=O)C1COC(CCCC(=O)O)OC1. The van der Waals surface area contributed by atoms with Crippen LogP contribution in [0.5, 0.6) is 0 Å². The van der Waals surface area contributed by atoms with E-state index in [0.717, 1.165) is 0 Å². The highest BCUT2D eigenvalue weighted by molar-refractivity contribution is 5.72. The van der Waals surface area contributed by atoms with Gasteiger partial charge >= 0.3 is 11.9 Å². The topological polar surface area (TPSA) is 82.1 Å². The van der Waals surface area contributed by atoms with Crippen molar-refractivity contribution in [3.05, 3.63) is 0 Å². The van der Waals surface area contributed by atoms with Crippen LogP contribution in [0, 0.1) is 5.92 Å². The van der Waals surface area contributed by atoms with Gasteiger partial charge in [-0.1, -0.05) is 0 Å². The number of carboxylic acids is 1. The molecule has 6 heteroatoms. The average molecular weight is 246 g/mol. The fourth-order valence-electron chi connectivity index (χ4n) is 1.53. The van der Waals surface area contributed by atoms with E-state index < -0.39 is 12.3 Å². The number of carboxylic acid groups (broad SMARTS) is 1. The summed E-state index contributed by atoms with van der Waals surface area (Å²) < 4.78 is 15.5. The van der Waals surface area contributed by atoms with Crippen molar-refractivity contribution in [2.24, 2.45) is 5.92 Å². The fourth-order valence-corrected chi connectivity index (χ4v) is 1.53. The molecule has 0 aromatic carbocycles. The third-order valence-electron chi connectivity index (χ3n) is 2.42. The van der Waals surface area contributed by atoms with E-state index >= 15 is 0 Å². The van der Waals surface area contributed by atoms with Crippen molar-refractivity contribution in [2.75, 3.05) is 19.8 Å². The molecule has 0 aromatic rings. The normalized spacial score (nSPS) is 24.3. The Hall–Kier alpha value is -1.14. The second-order valence-electron chi connectivity index (χ2n) is 3.83. The lowest BCUT2D eigenvalue weighted by Crippen LogP contribution is -2.37. The van der Waals surface area contributed by atoms with E-state index in [-0.39, 0.29) is 31.5 Å². The van der Waals surface area contributed by atoms with Crippen molar-refractivity contribution in [2.45, 2.75) is 32.5 Å². The van der Waals surface area contributed by atoms with Gasteiger partial charge in [-0.05, 0) is 19.8 Å². The van der Waals surface area contributed by atoms with Crippen LogP contribution in [0.15, 0.2) is 0 Å². The first kappa shape index (κ1) is 13.9. The molecule has 0 radical (unpaired) electrons. The number of ether oxygens (including phenoxy) is 3. The number of rotatable bonds is 6. The Morgan fingerprint density at radius 1 is 1.35 bits per heavy atom. The number of hydrogen-bond donors (Lipinski definition) is 1. The van der Waals surface area contributed by atoms with Gasteiger partial charge in [0.2, 0.25) is 0 Å². The predicted octanol–water partition coefficient (Wildman–Crippen LogP) is 0.794. The smallest absolute Gasteiger partial charge is 0.313 e. The summed E-state index contributed by atoms with van der Waals surface area (Å²) in [7, 11) is 0. The number of aliphatic carboxylic acids is 1. The predicted molar refractivity (Wildman–Crippen MR) is 57.3 cm³/mol. The van der Waals surface area contributed by atoms with Crippen LogP contribution in [-0.4, -0.2) is 43.2 Å². The second kappa shape index (κ2) is 7.24. The molecule has 0 amide bonds. The Labute approximate surface area is 99.8 Å². The lowest BCUT2D eigenvalue weighted by atomic mass is 10.1. The molecule has 0 saturated carbocycles. The molecule has 1 aliphatic rings. The highest BCUT2D eigenvalue weighted by Gasteiger charge is 2.28. The molecule has 1 rings (SSSR count). The summed E-state index contributed by atoms with van der Waals surface area (Å²) in [5, 5.41) is 8.47. The number of esters is 1. The zero-order chi connectivity index (χ0) is 12.7. The molecule has 0 bridgehead atoms. The van der Waals surface area contributed by atoms with E-state index in [9.17, 15) is 9.59 Å². The molecule has 98 valence electrons. The highest BCUT2D eigenvalue weighted by Crippen LogP contribution is 2.16. The maximum Gasteiger partial charge on any atom is 0.313 e. The summed E-state index contributed by atoms with van der Waals surface area (Å²) in [6.45, 7) is 2.64. The first-order valence-electron chi connectivity index (χ1n) is 5.75. The molecular formula is C11H18O6. The minimum atomic E-state index is -0.829. The summed E-state index contributed by atoms with van der Waals surface area (Å²) in [5.41, 5.74) is 0. The quantitative estimate of drug-likeness (QED) is 0.698. The Morgan fingerprint density at radius 2 is 2.00 bits per heavy atom. The van der Waals surface area contributed by atoms with E-state index in [0.29, 0.717) is 19.4 Å². The van der Waals surface area contributed by atoms with E-state index in [2.05, 4.69) is 0 Å². The van der Waals surface area contributed by atoms with E-state index in [1.54, 1.807) is 6.92 Å². The molecule has 0 aliphatic carbocycles. The molecule has 1 N–H and O–H groups in total. The second-order valence-corrected chi connectivity index (χ2v) is 3.83. The Bertz CT molecular complexity index is 257. The van der Waals surface area contributed by atoms with E-state index in [1.165, 1.54) is 0 Å². The first-order chi connectivity index (χ1) is 8.13. The van der Waals surface area contributed by atoms with Crippen molar-refractivity contribution in [3.63, 3.8) is 0 Å².